The summed E-state index contributed by atoms with van der Waals surface area (Å²) in [6, 6.07) is 14.1. The summed E-state index contributed by atoms with van der Waals surface area (Å²) in [5, 5.41) is 3.97. The van der Waals surface area contributed by atoms with Gasteiger partial charge in [0.05, 0.1) is 10.6 Å². The Kier molecular flexibility index (Phi) is 4.80. The third-order valence-corrected chi connectivity index (χ3v) is 4.65. The van der Waals surface area contributed by atoms with E-state index in [9.17, 15) is 8.42 Å². The van der Waals surface area contributed by atoms with Gasteiger partial charge in [-0.15, -0.1) is 0 Å². The Hall–Kier alpha value is -1.66. The average Bonchev–Trinajstić information content (AvgIpc) is 2.45. The quantitative estimate of drug-likeness (QED) is 0.665. The van der Waals surface area contributed by atoms with Crippen LogP contribution in [0.3, 0.4) is 0 Å². The van der Waals surface area contributed by atoms with Crippen LogP contribution in [0.25, 0.3) is 0 Å². The lowest BCUT2D eigenvalue weighted by Crippen LogP contribution is -2.19. The first-order chi connectivity index (χ1) is 9.88. The van der Waals surface area contributed by atoms with Crippen LogP contribution in [0, 0.1) is 6.92 Å². The molecule has 0 aliphatic heterocycles. The molecule has 2 aromatic carbocycles. The van der Waals surface area contributed by atoms with E-state index < -0.39 is 10.0 Å². The van der Waals surface area contributed by atoms with Crippen molar-refractivity contribution in [3.63, 3.8) is 0 Å². The number of halogens is 1. The fourth-order valence-electron chi connectivity index (χ4n) is 1.73. The van der Waals surface area contributed by atoms with Gasteiger partial charge in [0, 0.05) is 4.47 Å². The van der Waals surface area contributed by atoms with E-state index in [0.29, 0.717) is 5.71 Å². The molecule has 6 heteroatoms. The van der Waals surface area contributed by atoms with Gasteiger partial charge in [-0.25, -0.2) is 0 Å². The molecule has 0 aliphatic rings. The average molecular weight is 367 g/mol. The molecular weight excluding hydrogens is 352 g/mol. The van der Waals surface area contributed by atoms with Crippen LogP contribution in [-0.4, -0.2) is 14.1 Å². The Bertz CT molecular complexity index is 769. The van der Waals surface area contributed by atoms with E-state index in [1.807, 2.05) is 31.2 Å². The largest absolute Gasteiger partial charge is 0.276 e. The first-order valence-corrected chi connectivity index (χ1v) is 8.55. The van der Waals surface area contributed by atoms with Crippen LogP contribution in [0.15, 0.2) is 63.0 Å². The molecule has 0 aliphatic carbocycles. The molecule has 0 amide bonds. The first kappa shape index (κ1) is 15.7. The van der Waals surface area contributed by atoms with E-state index in [-0.39, 0.29) is 4.90 Å². The smallest absolute Gasteiger partial charge is 0.200 e. The van der Waals surface area contributed by atoms with Crippen molar-refractivity contribution < 1.29 is 8.42 Å². The highest BCUT2D eigenvalue weighted by Crippen LogP contribution is 2.14. The fraction of sp³-hybridized carbons (Fsp3) is 0.133. The van der Waals surface area contributed by atoms with Crippen molar-refractivity contribution in [1.29, 1.82) is 0 Å². The second-order valence-corrected chi connectivity index (χ2v) is 7.19. The highest BCUT2D eigenvalue weighted by molar-refractivity contribution is 9.10. The second kappa shape index (κ2) is 6.41. The lowest BCUT2D eigenvalue weighted by molar-refractivity contribution is 0.584. The summed E-state index contributed by atoms with van der Waals surface area (Å²) in [7, 11) is -3.65. The van der Waals surface area contributed by atoms with Crippen molar-refractivity contribution >= 4 is 31.7 Å². The molecule has 0 fully saturated rings. The normalized spacial score (nSPS) is 12.2. The van der Waals surface area contributed by atoms with Gasteiger partial charge in [-0.3, -0.25) is 0 Å². The van der Waals surface area contributed by atoms with Crippen molar-refractivity contribution in [2.24, 2.45) is 5.10 Å². The van der Waals surface area contributed by atoms with Crippen LogP contribution >= 0.6 is 15.9 Å². The number of sulfonamides is 1. The van der Waals surface area contributed by atoms with Gasteiger partial charge in [-0.1, -0.05) is 45.8 Å². The number of hydrazone groups is 1. The minimum Gasteiger partial charge on any atom is -0.200 e. The molecule has 4 nitrogen and oxygen atoms in total. The highest BCUT2D eigenvalue weighted by Gasteiger charge is 2.12. The number of rotatable bonds is 4. The van der Waals surface area contributed by atoms with Crippen LogP contribution in [-0.2, 0) is 10.0 Å². The minimum absolute atomic E-state index is 0.173. The van der Waals surface area contributed by atoms with Gasteiger partial charge in [0.2, 0.25) is 0 Å². The minimum atomic E-state index is -3.65. The highest BCUT2D eigenvalue weighted by atomic mass is 79.9. The number of nitrogens with one attached hydrogen (secondary N) is 1. The summed E-state index contributed by atoms with van der Waals surface area (Å²) in [5.41, 5.74) is 2.59. The van der Waals surface area contributed by atoms with Gasteiger partial charge >= 0.3 is 0 Å². The molecule has 0 bridgehead atoms. The Morgan fingerprint density at radius 1 is 1.14 bits per heavy atom. The molecule has 0 heterocycles. The molecule has 0 saturated heterocycles. The monoisotopic (exact) mass is 366 g/mol. The van der Waals surface area contributed by atoms with Gasteiger partial charge in [0.1, 0.15) is 0 Å². The van der Waals surface area contributed by atoms with Gasteiger partial charge in [0.15, 0.2) is 0 Å². The van der Waals surface area contributed by atoms with E-state index in [1.165, 1.54) is 12.1 Å². The summed E-state index contributed by atoms with van der Waals surface area (Å²) in [6.45, 7) is 3.74. The van der Waals surface area contributed by atoms with Crippen LogP contribution in [0.2, 0.25) is 0 Å². The Morgan fingerprint density at radius 3 is 2.43 bits per heavy atom. The summed E-state index contributed by atoms with van der Waals surface area (Å²) in [4.78, 5) is 2.43. The zero-order valence-corrected chi connectivity index (χ0v) is 14.1. The number of aryl methyl sites for hydroxylation is 1. The molecule has 0 atom stereocenters. The van der Waals surface area contributed by atoms with E-state index in [2.05, 4.69) is 25.9 Å². The predicted molar refractivity (Wildman–Crippen MR) is 87.9 cm³/mol. The zero-order chi connectivity index (χ0) is 15.5. The molecule has 1 N–H and O–H groups in total. The van der Waals surface area contributed by atoms with E-state index in [4.69, 9.17) is 0 Å². The molecule has 2 rings (SSSR count). The van der Waals surface area contributed by atoms with Gasteiger partial charge < -0.3 is 0 Å². The van der Waals surface area contributed by atoms with Crippen LogP contribution in [0.5, 0.6) is 0 Å². The zero-order valence-electron chi connectivity index (χ0n) is 11.7. The standard InChI is InChI=1S/C15H15BrN2O2S/c1-11-4-3-5-13(10-11)12(2)17-18-21(19,20)15-8-6-14(16)7-9-15/h3-10,18H,1-2H3. The topological polar surface area (TPSA) is 58.5 Å². The van der Waals surface area contributed by atoms with Crippen LogP contribution in [0.4, 0.5) is 0 Å². The SMILES string of the molecule is CC(=NNS(=O)(=O)c1ccc(Br)cc1)c1cccc(C)c1. The maximum Gasteiger partial charge on any atom is 0.276 e. The number of hydrogen-bond acceptors (Lipinski definition) is 3. The van der Waals surface area contributed by atoms with Crippen molar-refractivity contribution in [2.75, 3.05) is 0 Å². The summed E-state index contributed by atoms with van der Waals surface area (Å²) < 4.78 is 25.0. The molecule has 0 saturated carbocycles. The first-order valence-electron chi connectivity index (χ1n) is 6.27. The molecule has 0 aromatic heterocycles. The lowest BCUT2D eigenvalue weighted by Gasteiger charge is -2.06. The fourth-order valence-corrected chi connectivity index (χ4v) is 2.85. The maximum absolute atomic E-state index is 12.1. The van der Waals surface area contributed by atoms with E-state index in [0.717, 1.165) is 15.6 Å². The Balaban J connectivity index is 2.21. The van der Waals surface area contributed by atoms with Gasteiger partial charge in [-0.05, 0) is 43.7 Å². The van der Waals surface area contributed by atoms with Crippen molar-refractivity contribution in [1.82, 2.24) is 4.83 Å². The number of nitrogens with zero attached hydrogens (tertiary/aromatic N) is 1. The summed E-state index contributed by atoms with van der Waals surface area (Å²) in [5.74, 6) is 0. The summed E-state index contributed by atoms with van der Waals surface area (Å²) >= 11 is 3.27. The predicted octanol–water partition coefficient (Wildman–Crippen LogP) is 3.46. The summed E-state index contributed by atoms with van der Waals surface area (Å²) in [6.07, 6.45) is 0. The molecule has 110 valence electrons. The molecule has 0 unspecified atom stereocenters. The van der Waals surface area contributed by atoms with Crippen molar-refractivity contribution in [3.05, 3.63) is 64.1 Å². The molecular formula is C15H15BrN2O2S. The third kappa shape index (κ3) is 4.15. The van der Waals surface area contributed by atoms with Gasteiger partial charge in [0.25, 0.3) is 10.0 Å². The number of benzene rings is 2. The maximum atomic E-state index is 12.1. The molecule has 21 heavy (non-hydrogen) atoms. The Morgan fingerprint density at radius 2 is 1.81 bits per heavy atom. The van der Waals surface area contributed by atoms with Crippen molar-refractivity contribution in [3.8, 4) is 0 Å². The van der Waals surface area contributed by atoms with Gasteiger partial charge in [-0.2, -0.15) is 18.4 Å². The Labute approximate surface area is 133 Å². The van der Waals surface area contributed by atoms with E-state index in [1.54, 1.807) is 19.1 Å². The molecule has 2 aromatic rings. The number of hydrogen-bond donors (Lipinski definition) is 1. The van der Waals surface area contributed by atoms with Crippen molar-refractivity contribution in [2.45, 2.75) is 18.7 Å². The second-order valence-electron chi connectivity index (χ2n) is 4.62. The lowest BCUT2D eigenvalue weighted by atomic mass is 10.1. The van der Waals surface area contributed by atoms with E-state index >= 15 is 0 Å². The van der Waals surface area contributed by atoms with Crippen LogP contribution in [0.1, 0.15) is 18.1 Å². The van der Waals surface area contributed by atoms with Crippen LogP contribution < -0.4 is 4.83 Å². The molecule has 0 spiro atoms. The third-order valence-electron chi connectivity index (χ3n) is 2.89. The molecule has 0 radical (unpaired) electrons.